The van der Waals surface area contributed by atoms with Crippen LogP contribution in [-0.2, 0) is 13.1 Å². The Kier molecular flexibility index (Phi) is 4.73. The van der Waals surface area contributed by atoms with Crippen molar-refractivity contribution in [1.29, 1.82) is 0 Å². The molecule has 0 unspecified atom stereocenters. The summed E-state index contributed by atoms with van der Waals surface area (Å²) in [4.78, 5) is 12.4. The third-order valence-electron chi connectivity index (χ3n) is 3.28. The molecule has 3 aromatic rings. The van der Waals surface area contributed by atoms with Crippen molar-refractivity contribution >= 4 is 11.6 Å². The van der Waals surface area contributed by atoms with E-state index in [0.717, 1.165) is 16.9 Å². The predicted octanol–water partition coefficient (Wildman–Crippen LogP) is 3.23. The van der Waals surface area contributed by atoms with E-state index in [4.69, 9.17) is 0 Å². The number of benzene rings is 1. The Bertz CT molecular complexity index is 746. The maximum atomic E-state index is 12.9. The van der Waals surface area contributed by atoms with Crippen molar-refractivity contribution < 1.29 is 4.39 Å². The van der Waals surface area contributed by atoms with Gasteiger partial charge in [-0.2, -0.15) is 0 Å². The smallest absolute Gasteiger partial charge is 0.131 e. The standard InChI is InChI=1S/C17H16FN5/c18-15-3-1-13(2-4-15)10-20-16-9-17(23-12-22-16)21-11-14-5-7-19-8-6-14/h1-9,12H,10-11H2,(H2,20,21,22,23). The summed E-state index contributed by atoms with van der Waals surface area (Å²) in [6, 6.07) is 12.1. The normalized spacial score (nSPS) is 10.3. The number of pyridine rings is 1. The van der Waals surface area contributed by atoms with E-state index in [9.17, 15) is 4.39 Å². The summed E-state index contributed by atoms with van der Waals surface area (Å²) in [7, 11) is 0. The van der Waals surface area contributed by atoms with Gasteiger partial charge in [0.15, 0.2) is 0 Å². The molecule has 6 heteroatoms. The molecule has 5 nitrogen and oxygen atoms in total. The van der Waals surface area contributed by atoms with Crippen LogP contribution in [-0.4, -0.2) is 15.0 Å². The topological polar surface area (TPSA) is 62.7 Å². The largest absolute Gasteiger partial charge is 0.366 e. The number of nitrogens with one attached hydrogen (secondary N) is 2. The van der Waals surface area contributed by atoms with Gasteiger partial charge in [0.1, 0.15) is 23.8 Å². The summed E-state index contributed by atoms with van der Waals surface area (Å²) >= 11 is 0. The van der Waals surface area contributed by atoms with Crippen molar-refractivity contribution in [3.8, 4) is 0 Å². The Labute approximate surface area is 133 Å². The van der Waals surface area contributed by atoms with Crippen molar-refractivity contribution in [1.82, 2.24) is 15.0 Å². The summed E-state index contributed by atoms with van der Waals surface area (Å²) in [5, 5.41) is 6.43. The molecule has 23 heavy (non-hydrogen) atoms. The first-order valence-corrected chi connectivity index (χ1v) is 7.23. The fourth-order valence-corrected chi connectivity index (χ4v) is 2.04. The van der Waals surface area contributed by atoms with Gasteiger partial charge in [0.25, 0.3) is 0 Å². The van der Waals surface area contributed by atoms with E-state index in [0.29, 0.717) is 18.9 Å². The SMILES string of the molecule is Fc1ccc(CNc2cc(NCc3ccncc3)ncn2)cc1. The van der Waals surface area contributed by atoms with Crippen LogP contribution in [0.1, 0.15) is 11.1 Å². The molecule has 0 saturated heterocycles. The summed E-state index contributed by atoms with van der Waals surface area (Å²) in [6.45, 7) is 1.23. The molecule has 0 spiro atoms. The number of anilines is 2. The number of hydrogen-bond donors (Lipinski definition) is 2. The van der Waals surface area contributed by atoms with Crippen LogP contribution >= 0.6 is 0 Å². The van der Waals surface area contributed by atoms with Crippen LogP contribution in [0, 0.1) is 5.82 Å². The first kappa shape index (κ1) is 14.9. The zero-order chi connectivity index (χ0) is 15.9. The highest BCUT2D eigenvalue weighted by Crippen LogP contribution is 2.12. The van der Waals surface area contributed by atoms with E-state index >= 15 is 0 Å². The van der Waals surface area contributed by atoms with Gasteiger partial charge in [-0.05, 0) is 35.4 Å². The Morgan fingerprint density at radius 1 is 0.783 bits per heavy atom. The molecular weight excluding hydrogens is 293 g/mol. The van der Waals surface area contributed by atoms with Crippen LogP contribution in [0.25, 0.3) is 0 Å². The Morgan fingerprint density at radius 3 is 1.96 bits per heavy atom. The average Bonchev–Trinajstić information content (AvgIpc) is 2.61. The highest BCUT2D eigenvalue weighted by Gasteiger charge is 2.00. The molecule has 0 aliphatic heterocycles. The maximum Gasteiger partial charge on any atom is 0.131 e. The maximum absolute atomic E-state index is 12.9. The predicted molar refractivity (Wildman–Crippen MR) is 87.3 cm³/mol. The fourth-order valence-electron chi connectivity index (χ4n) is 2.04. The molecule has 3 rings (SSSR count). The van der Waals surface area contributed by atoms with E-state index in [1.807, 2.05) is 18.2 Å². The monoisotopic (exact) mass is 309 g/mol. The van der Waals surface area contributed by atoms with Crippen molar-refractivity contribution in [3.05, 3.63) is 78.1 Å². The quantitative estimate of drug-likeness (QED) is 0.732. The van der Waals surface area contributed by atoms with Gasteiger partial charge >= 0.3 is 0 Å². The van der Waals surface area contributed by atoms with Crippen LogP contribution in [0.4, 0.5) is 16.0 Å². The molecule has 0 saturated carbocycles. The minimum Gasteiger partial charge on any atom is -0.366 e. The Balaban J connectivity index is 1.57. The van der Waals surface area contributed by atoms with E-state index in [1.54, 1.807) is 24.5 Å². The van der Waals surface area contributed by atoms with Crippen LogP contribution in [0.3, 0.4) is 0 Å². The van der Waals surface area contributed by atoms with E-state index in [1.165, 1.54) is 18.5 Å². The lowest BCUT2D eigenvalue weighted by Crippen LogP contribution is -2.05. The first-order valence-electron chi connectivity index (χ1n) is 7.23. The van der Waals surface area contributed by atoms with E-state index < -0.39 is 0 Å². The number of rotatable bonds is 6. The molecule has 116 valence electrons. The Hall–Kier alpha value is -3.02. The molecule has 2 heterocycles. The van der Waals surface area contributed by atoms with Crippen molar-refractivity contribution in [2.24, 2.45) is 0 Å². The summed E-state index contributed by atoms with van der Waals surface area (Å²) in [6.07, 6.45) is 5.02. The molecule has 0 bridgehead atoms. The summed E-state index contributed by atoms with van der Waals surface area (Å²) in [5.74, 6) is 1.21. The van der Waals surface area contributed by atoms with Crippen molar-refractivity contribution in [3.63, 3.8) is 0 Å². The molecule has 0 amide bonds. The third-order valence-corrected chi connectivity index (χ3v) is 3.28. The number of halogens is 1. The molecule has 2 aromatic heterocycles. The van der Waals surface area contributed by atoms with Crippen LogP contribution in [0.2, 0.25) is 0 Å². The highest BCUT2D eigenvalue weighted by atomic mass is 19.1. The first-order chi connectivity index (χ1) is 11.3. The van der Waals surface area contributed by atoms with E-state index in [-0.39, 0.29) is 5.82 Å². The average molecular weight is 309 g/mol. The van der Waals surface area contributed by atoms with Gasteiger partial charge in [-0.3, -0.25) is 4.98 Å². The lowest BCUT2D eigenvalue weighted by molar-refractivity contribution is 0.627. The second-order valence-corrected chi connectivity index (χ2v) is 4.98. The highest BCUT2D eigenvalue weighted by molar-refractivity contribution is 5.47. The van der Waals surface area contributed by atoms with Crippen molar-refractivity contribution in [2.75, 3.05) is 10.6 Å². The fraction of sp³-hybridized carbons (Fsp3) is 0.118. The molecule has 0 aliphatic carbocycles. The van der Waals surface area contributed by atoms with Crippen LogP contribution in [0.15, 0.2) is 61.2 Å². The Morgan fingerprint density at radius 2 is 1.35 bits per heavy atom. The van der Waals surface area contributed by atoms with Gasteiger partial charge in [-0.1, -0.05) is 12.1 Å². The summed E-state index contributed by atoms with van der Waals surface area (Å²) in [5.41, 5.74) is 2.11. The lowest BCUT2D eigenvalue weighted by atomic mass is 10.2. The minimum absolute atomic E-state index is 0.238. The van der Waals surface area contributed by atoms with Gasteiger partial charge in [0, 0.05) is 31.5 Å². The van der Waals surface area contributed by atoms with E-state index in [2.05, 4.69) is 25.6 Å². The number of nitrogens with zero attached hydrogens (tertiary/aromatic N) is 3. The molecule has 2 N–H and O–H groups in total. The minimum atomic E-state index is -0.238. The second kappa shape index (κ2) is 7.31. The third kappa shape index (κ3) is 4.47. The molecule has 1 aromatic carbocycles. The van der Waals surface area contributed by atoms with Crippen molar-refractivity contribution in [2.45, 2.75) is 13.1 Å². The number of aromatic nitrogens is 3. The zero-order valence-corrected chi connectivity index (χ0v) is 12.4. The zero-order valence-electron chi connectivity index (χ0n) is 12.4. The molecule has 0 aliphatic rings. The summed E-state index contributed by atoms with van der Waals surface area (Å²) < 4.78 is 12.9. The molecule has 0 atom stereocenters. The van der Waals surface area contributed by atoms with Gasteiger partial charge in [0.2, 0.25) is 0 Å². The van der Waals surface area contributed by atoms with Gasteiger partial charge in [-0.15, -0.1) is 0 Å². The number of hydrogen-bond acceptors (Lipinski definition) is 5. The van der Waals surface area contributed by atoms with Crippen LogP contribution < -0.4 is 10.6 Å². The van der Waals surface area contributed by atoms with Gasteiger partial charge < -0.3 is 10.6 Å². The second-order valence-electron chi connectivity index (χ2n) is 4.98. The lowest BCUT2D eigenvalue weighted by Gasteiger charge is -2.09. The van der Waals surface area contributed by atoms with Gasteiger partial charge in [-0.25, -0.2) is 14.4 Å². The molecule has 0 radical (unpaired) electrons. The molecule has 0 fully saturated rings. The molecular formula is C17H16FN5. The van der Waals surface area contributed by atoms with Gasteiger partial charge in [0.05, 0.1) is 0 Å². The van der Waals surface area contributed by atoms with Crippen LogP contribution in [0.5, 0.6) is 0 Å².